The third-order valence-corrected chi connectivity index (χ3v) is 6.55. The van der Waals surface area contributed by atoms with E-state index in [9.17, 15) is 9.59 Å². The second-order valence-corrected chi connectivity index (χ2v) is 8.66. The van der Waals surface area contributed by atoms with Crippen LogP contribution in [0.4, 0.5) is 5.69 Å². The Morgan fingerprint density at radius 3 is 2.47 bits per heavy atom. The average molecular weight is 435 g/mol. The third kappa shape index (κ3) is 4.37. The Morgan fingerprint density at radius 2 is 1.83 bits per heavy atom. The first kappa shape index (κ1) is 20.1. The van der Waals surface area contributed by atoms with Crippen LogP contribution in [0.3, 0.4) is 0 Å². The van der Waals surface area contributed by atoms with E-state index in [1.54, 1.807) is 40.5 Å². The molecule has 7 heteroatoms. The van der Waals surface area contributed by atoms with Gasteiger partial charge in [0.1, 0.15) is 0 Å². The molecular formula is C23H18N2O3S2. The van der Waals surface area contributed by atoms with E-state index in [1.165, 1.54) is 11.8 Å². The summed E-state index contributed by atoms with van der Waals surface area (Å²) in [6.45, 7) is 2.34. The van der Waals surface area contributed by atoms with Crippen LogP contribution in [0.15, 0.2) is 75.9 Å². The molecular weight excluding hydrogens is 416 g/mol. The van der Waals surface area contributed by atoms with E-state index in [-0.39, 0.29) is 11.5 Å². The third-order valence-electron chi connectivity index (χ3n) is 4.57. The number of hydrogen-bond acceptors (Lipinski definition) is 5. The lowest BCUT2D eigenvalue weighted by molar-refractivity contribution is -0.122. The van der Waals surface area contributed by atoms with Gasteiger partial charge in [-0.05, 0) is 71.6 Å². The van der Waals surface area contributed by atoms with Crippen LogP contribution in [0, 0.1) is 6.92 Å². The monoisotopic (exact) mass is 434 g/mol. The number of nitrogens with zero attached hydrogens (tertiary/aromatic N) is 2. The highest BCUT2D eigenvalue weighted by atomic mass is 32.2. The van der Waals surface area contributed by atoms with E-state index in [0.29, 0.717) is 16.6 Å². The van der Waals surface area contributed by atoms with Crippen LogP contribution >= 0.6 is 23.1 Å². The zero-order valence-electron chi connectivity index (χ0n) is 16.1. The maximum atomic E-state index is 13.2. The van der Waals surface area contributed by atoms with Crippen LogP contribution in [-0.4, -0.2) is 27.1 Å². The molecule has 0 unspecified atom stereocenters. The highest BCUT2D eigenvalue weighted by Gasteiger charge is 2.33. The van der Waals surface area contributed by atoms with Gasteiger partial charge in [-0.1, -0.05) is 30.3 Å². The first-order valence-corrected chi connectivity index (χ1v) is 10.9. The van der Waals surface area contributed by atoms with Crippen LogP contribution in [0.1, 0.15) is 26.4 Å². The number of carbonyl (C=O) groups excluding carboxylic acids is 1. The lowest BCUT2D eigenvalue weighted by atomic mass is 10.1. The van der Waals surface area contributed by atoms with E-state index >= 15 is 0 Å². The van der Waals surface area contributed by atoms with Crippen LogP contribution in [-0.2, 0) is 11.3 Å². The first-order chi connectivity index (χ1) is 14.5. The number of hydrogen-bond donors (Lipinski definition) is 1. The van der Waals surface area contributed by atoms with Crippen molar-refractivity contribution in [1.29, 1.82) is 0 Å². The van der Waals surface area contributed by atoms with Crippen molar-refractivity contribution in [2.75, 3.05) is 0 Å². The molecule has 3 aromatic rings. The van der Waals surface area contributed by atoms with Gasteiger partial charge >= 0.3 is 5.97 Å². The number of carbonyl (C=O) groups is 2. The molecule has 1 amide bonds. The zero-order chi connectivity index (χ0) is 21.1. The molecule has 0 aliphatic carbocycles. The number of para-hydroxylation sites is 1. The van der Waals surface area contributed by atoms with Gasteiger partial charge in [-0.2, -0.15) is 0 Å². The summed E-state index contributed by atoms with van der Waals surface area (Å²) >= 11 is 2.95. The first-order valence-electron chi connectivity index (χ1n) is 9.23. The van der Waals surface area contributed by atoms with Gasteiger partial charge in [-0.25, -0.2) is 9.79 Å². The van der Waals surface area contributed by atoms with E-state index in [2.05, 4.69) is 4.99 Å². The number of benzene rings is 2. The molecule has 0 spiro atoms. The summed E-state index contributed by atoms with van der Waals surface area (Å²) in [7, 11) is 0. The van der Waals surface area contributed by atoms with Crippen molar-refractivity contribution < 1.29 is 14.7 Å². The number of aliphatic imine (C=N–C) groups is 1. The molecule has 0 atom stereocenters. The molecule has 30 heavy (non-hydrogen) atoms. The lowest BCUT2D eigenvalue weighted by Gasteiger charge is -2.16. The van der Waals surface area contributed by atoms with Gasteiger partial charge in [0.15, 0.2) is 5.17 Å². The van der Waals surface area contributed by atoms with Crippen LogP contribution in [0.25, 0.3) is 6.08 Å². The van der Waals surface area contributed by atoms with E-state index in [0.717, 1.165) is 21.7 Å². The number of amidine groups is 1. The Hall–Kier alpha value is -3.16. The minimum Gasteiger partial charge on any atom is -0.478 e. The van der Waals surface area contributed by atoms with Gasteiger partial charge in [0, 0.05) is 4.88 Å². The van der Waals surface area contributed by atoms with Gasteiger partial charge in [0.25, 0.3) is 5.91 Å². The normalized spacial score (nSPS) is 16.6. The molecule has 0 bridgehead atoms. The molecule has 0 radical (unpaired) electrons. The van der Waals surface area contributed by atoms with Crippen molar-refractivity contribution in [3.05, 3.63) is 92.5 Å². The lowest BCUT2D eigenvalue weighted by Crippen LogP contribution is -2.28. The largest absolute Gasteiger partial charge is 0.478 e. The summed E-state index contributed by atoms with van der Waals surface area (Å²) in [6, 6.07) is 18.1. The number of rotatable bonds is 5. The van der Waals surface area contributed by atoms with Crippen molar-refractivity contribution in [3.8, 4) is 0 Å². The molecule has 1 saturated heterocycles. The molecule has 1 aliphatic rings. The Balaban J connectivity index is 1.67. The molecule has 150 valence electrons. The maximum Gasteiger partial charge on any atom is 0.335 e. The molecule has 1 aliphatic heterocycles. The van der Waals surface area contributed by atoms with Crippen molar-refractivity contribution in [3.63, 3.8) is 0 Å². The van der Waals surface area contributed by atoms with Crippen molar-refractivity contribution in [2.24, 2.45) is 4.99 Å². The molecule has 1 aromatic heterocycles. The van der Waals surface area contributed by atoms with Crippen LogP contribution in [0.2, 0.25) is 0 Å². The predicted molar refractivity (Wildman–Crippen MR) is 122 cm³/mol. The van der Waals surface area contributed by atoms with E-state index in [4.69, 9.17) is 5.11 Å². The van der Waals surface area contributed by atoms with Crippen molar-refractivity contribution in [2.45, 2.75) is 13.5 Å². The second-order valence-electron chi connectivity index (χ2n) is 6.70. The zero-order valence-corrected chi connectivity index (χ0v) is 17.7. The summed E-state index contributed by atoms with van der Waals surface area (Å²) in [6.07, 6.45) is 1.92. The fourth-order valence-electron chi connectivity index (χ4n) is 2.93. The average Bonchev–Trinajstić information content (AvgIpc) is 3.27. The van der Waals surface area contributed by atoms with Gasteiger partial charge in [0.2, 0.25) is 0 Å². The van der Waals surface area contributed by atoms with Crippen molar-refractivity contribution in [1.82, 2.24) is 4.90 Å². The molecule has 2 heterocycles. The fraction of sp³-hybridized carbons (Fsp3) is 0.0870. The van der Waals surface area contributed by atoms with Gasteiger partial charge in [-0.15, -0.1) is 11.3 Å². The number of carboxylic acid groups (broad SMARTS) is 1. The number of amides is 1. The number of aryl methyl sites for hydroxylation is 1. The highest BCUT2D eigenvalue weighted by molar-refractivity contribution is 8.18. The number of thiophene rings is 1. The van der Waals surface area contributed by atoms with Gasteiger partial charge < -0.3 is 5.11 Å². The molecule has 5 nitrogen and oxygen atoms in total. The number of thioether (sulfide) groups is 1. The molecule has 2 aromatic carbocycles. The SMILES string of the molecule is Cc1ccsc1/C=C1\SC(=Nc2ccccc2)N(Cc2ccc(C(=O)O)cc2)C1=O. The Bertz CT molecular complexity index is 1150. The summed E-state index contributed by atoms with van der Waals surface area (Å²) in [5.41, 5.74) is 2.95. The minimum absolute atomic E-state index is 0.107. The van der Waals surface area contributed by atoms with E-state index in [1.807, 2.05) is 54.8 Å². The van der Waals surface area contributed by atoms with E-state index < -0.39 is 5.97 Å². The standard InChI is InChI=1S/C23H18N2O3S2/c1-15-11-12-29-19(15)13-20-21(26)25(14-16-7-9-17(10-8-16)22(27)28)23(30-20)24-18-5-3-2-4-6-18/h2-13H,14H2,1H3,(H,27,28)/b20-13-,24-23?. The molecule has 1 N–H and O–H groups in total. The number of aromatic carboxylic acids is 1. The summed E-state index contributed by atoms with van der Waals surface area (Å²) in [5.74, 6) is -1.08. The Labute approximate surface area is 182 Å². The summed E-state index contributed by atoms with van der Waals surface area (Å²) in [5, 5.41) is 11.7. The summed E-state index contributed by atoms with van der Waals surface area (Å²) in [4.78, 5) is 32.3. The number of carboxylic acids is 1. The molecule has 1 fully saturated rings. The second kappa shape index (κ2) is 8.69. The Kier molecular flexibility index (Phi) is 5.83. The smallest absolute Gasteiger partial charge is 0.335 e. The minimum atomic E-state index is -0.975. The maximum absolute atomic E-state index is 13.2. The quantitative estimate of drug-likeness (QED) is 0.534. The van der Waals surface area contributed by atoms with Gasteiger partial charge in [-0.3, -0.25) is 9.69 Å². The van der Waals surface area contributed by atoms with Crippen LogP contribution in [0.5, 0.6) is 0 Å². The Morgan fingerprint density at radius 1 is 1.10 bits per heavy atom. The molecule has 4 rings (SSSR count). The highest BCUT2D eigenvalue weighted by Crippen LogP contribution is 2.36. The van der Waals surface area contributed by atoms with Gasteiger partial charge in [0.05, 0.1) is 22.7 Å². The van der Waals surface area contributed by atoms with Crippen LogP contribution < -0.4 is 0 Å². The molecule has 0 saturated carbocycles. The summed E-state index contributed by atoms with van der Waals surface area (Å²) < 4.78 is 0. The predicted octanol–water partition coefficient (Wildman–Crippen LogP) is 5.56. The topological polar surface area (TPSA) is 70.0 Å². The fourth-order valence-corrected chi connectivity index (χ4v) is 4.84. The van der Waals surface area contributed by atoms with Crippen molar-refractivity contribution >= 4 is 51.9 Å².